The Kier molecular flexibility index (Phi) is 4.44. The van der Waals surface area contributed by atoms with Crippen LogP contribution in [0.2, 0.25) is 5.02 Å². The number of carbonyl (C=O) groups excluding carboxylic acids is 1. The summed E-state index contributed by atoms with van der Waals surface area (Å²) in [5.74, 6) is 1.85. The standard InChI is InChI=1S/C18H17ClN2O3/c1-11-7-16(13(3)21(11)18-8-12(2)24-20-18)17(22)10-23-15-6-4-5-14(19)9-15/h4-9H,10H2,1-3H3. The van der Waals surface area contributed by atoms with Crippen LogP contribution in [0.1, 0.15) is 27.5 Å². The van der Waals surface area contributed by atoms with Gasteiger partial charge in [-0.15, -0.1) is 0 Å². The molecule has 2 heterocycles. The quantitative estimate of drug-likeness (QED) is 0.647. The van der Waals surface area contributed by atoms with Crippen molar-refractivity contribution in [2.75, 3.05) is 6.61 Å². The fourth-order valence-corrected chi connectivity index (χ4v) is 2.82. The Morgan fingerprint density at radius 2 is 2.04 bits per heavy atom. The van der Waals surface area contributed by atoms with Crippen LogP contribution in [0.15, 0.2) is 40.9 Å². The van der Waals surface area contributed by atoms with Gasteiger partial charge in [0, 0.05) is 28.0 Å². The van der Waals surface area contributed by atoms with Crippen LogP contribution in [-0.2, 0) is 0 Å². The van der Waals surface area contributed by atoms with E-state index in [2.05, 4.69) is 5.16 Å². The van der Waals surface area contributed by atoms with E-state index in [9.17, 15) is 4.79 Å². The van der Waals surface area contributed by atoms with Crippen LogP contribution in [0.5, 0.6) is 5.75 Å². The number of ether oxygens (including phenoxy) is 1. The first kappa shape index (κ1) is 16.3. The van der Waals surface area contributed by atoms with Crippen molar-refractivity contribution in [1.29, 1.82) is 0 Å². The third kappa shape index (κ3) is 3.21. The number of hydrogen-bond acceptors (Lipinski definition) is 4. The molecule has 0 saturated heterocycles. The molecule has 0 spiro atoms. The van der Waals surface area contributed by atoms with E-state index < -0.39 is 0 Å². The third-order valence-corrected chi connectivity index (χ3v) is 3.98. The monoisotopic (exact) mass is 344 g/mol. The maximum atomic E-state index is 12.5. The van der Waals surface area contributed by atoms with Crippen molar-refractivity contribution in [3.05, 3.63) is 64.1 Å². The summed E-state index contributed by atoms with van der Waals surface area (Å²) in [4.78, 5) is 12.5. The van der Waals surface area contributed by atoms with E-state index in [1.165, 1.54) is 0 Å². The van der Waals surface area contributed by atoms with Gasteiger partial charge >= 0.3 is 0 Å². The highest BCUT2D eigenvalue weighted by Gasteiger charge is 2.18. The molecule has 6 heteroatoms. The molecule has 0 unspecified atom stereocenters. The lowest BCUT2D eigenvalue weighted by Crippen LogP contribution is -2.12. The van der Waals surface area contributed by atoms with Crippen LogP contribution in [-0.4, -0.2) is 22.1 Å². The number of halogens is 1. The normalized spacial score (nSPS) is 10.8. The highest BCUT2D eigenvalue weighted by molar-refractivity contribution is 6.30. The Bertz CT molecular complexity index is 896. The number of benzene rings is 1. The number of nitrogens with zero attached hydrogens (tertiary/aromatic N) is 2. The van der Waals surface area contributed by atoms with Crippen molar-refractivity contribution in [2.24, 2.45) is 0 Å². The summed E-state index contributed by atoms with van der Waals surface area (Å²) in [5, 5.41) is 4.58. The maximum absolute atomic E-state index is 12.5. The SMILES string of the molecule is Cc1cc(-n2c(C)cc(C(=O)COc3cccc(Cl)c3)c2C)no1. The Morgan fingerprint density at radius 1 is 1.25 bits per heavy atom. The van der Waals surface area contributed by atoms with E-state index in [1.807, 2.05) is 37.5 Å². The zero-order chi connectivity index (χ0) is 17.3. The Hall–Kier alpha value is -2.53. The van der Waals surface area contributed by atoms with Gasteiger partial charge in [0.25, 0.3) is 0 Å². The van der Waals surface area contributed by atoms with E-state index in [4.69, 9.17) is 20.9 Å². The third-order valence-electron chi connectivity index (χ3n) is 3.74. The first-order valence-corrected chi connectivity index (χ1v) is 7.87. The lowest BCUT2D eigenvalue weighted by atomic mass is 10.1. The van der Waals surface area contributed by atoms with Crippen LogP contribution in [0, 0.1) is 20.8 Å². The summed E-state index contributed by atoms with van der Waals surface area (Å²) in [5.41, 5.74) is 2.32. The Morgan fingerprint density at radius 3 is 2.71 bits per heavy atom. The van der Waals surface area contributed by atoms with Gasteiger partial charge in [-0.1, -0.05) is 22.8 Å². The van der Waals surface area contributed by atoms with Crippen LogP contribution in [0.3, 0.4) is 0 Å². The van der Waals surface area contributed by atoms with Gasteiger partial charge in [-0.2, -0.15) is 0 Å². The lowest BCUT2D eigenvalue weighted by molar-refractivity contribution is 0.0921. The topological polar surface area (TPSA) is 57.3 Å². The molecule has 3 rings (SSSR count). The maximum Gasteiger partial charge on any atom is 0.202 e. The Labute approximate surface area is 144 Å². The summed E-state index contributed by atoms with van der Waals surface area (Å²) in [6, 6.07) is 10.6. The molecular weight excluding hydrogens is 328 g/mol. The first-order valence-electron chi connectivity index (χ1n) is 7.50. The van der Waals surface area contributed by atoms with E-state index in [0.29, 0.717) is 22.2 Å². The molecule has 5 nitrogen and oxygen atoms in total. The van der Waals surface area contributed by atoms with Gasteiger partial charge in [0.1, 0.15) is 11.5 Å². The zero-order valence-electron chi connectivity index (χ0n) is 13.7. The smallest absolute Gasteiger partial charge is 0.202 e. The number of carbonyl (C=O) groups is 1. The first-order chi connectivity index (χ1) is 11.5. The largest absolute Gasteiger partial charge is 0.485 e. The fraction of sp³-hybridized carbons (Fsp3) is 0.222. The lowest BCUT2D eigenvalue weighted by Gasteiger charge is -2.07. The molecule has 1 aromatic carbocycles. The second-order valence-electron chi connectivity index (χ2n) is 5.59. The number of rotatable bonds is 5. The van der Waals surface area contributed by atoms with E-state index in [0.717, 1.165) is 17.1 Å². The summed E-state index contributed by atoms with van der Waals surface area (Å²) >= 11 is 5.91. The van der Waals surface area contributed by atoms with Gasteiger partial charge in [-0.05, 0) is 45.0 Å². The van der Waals surface area contributed by atoms with Crippen molar-refractivity contribution >= 4 is 17.4 Å². The number of Topliss-reactive ketones (excluding diaryl/α,β-unsaturated/α-hetero) is 1. The minimum Gasteiger partial charge on any atom is -0.485 e. The van der Waals surface area contributed by atoms with Crippen LogP contribution in [0.4, 0.5) is 0 Å². The molecule has 0 fully saturated rings. The molecular formula is C18H17ClN2O3. The molecule has 0 bridgehead atoms. The van der Waals surface area contributed by atoms with Gasteiger partial charge in [0.05, 0.1) is 0 Å². The molecule has 124 valence electrons. The molecule has 0 saturated carbocycles. The molecule has 3 aromatic rings. The molecule has 0 aliphatic rings. The summed E-state index contributed by atoms with van der Waals surface area (Å²) < 4.78 is 12.6. The minimum atomic E-state index is -0.102. The van der Waals surface area contributed by atoms with Crippen LogP contribution < -0.4 is 4.74 Å². The van der Waals surface area contributed by atoms with E-state index in [-0.39, 0.29) is 12.4 Å². The van der Waals surface area contributed by atoms with Crippen molar-refractivity contribution < 1.29 is 14.1 Å². The Balaban J connectivity index is 1.81. The van der Waals surface area contributed by atoms with Crippen LogP contribution in [0.25, 0.3) is 5.82 Å². The number of hydrogen-bond donors (Lipinski definition) is 0. The van der Waals surface area contributed by atoms with Crippen LogP contribution >= 0.6 is 11.6 Å². The van der Waals surface area contributed by atoms with Crippen molar-refractivity contribution in [3.8, 4) is 11.6 Å². The molecule has 0 N–H and O–H groups in total. The summed E-state index contributed by atoms with van der Waals surface area (Å²) in [7, 11) is 0. The molecule has 0 aliphatic heterocycles. The summed E-state index contributed by atoms with van der Waals surface area (Å²) in [6.45, 7) is 5.58. The van der Waals surface area contributed by atoms with Gasteiger partial charge in [0.2, 0.25) is 5.78 Å². The number of aryl methyl sites for hydroxylation is 2. The molecule has 0 atom stereocenters. The minimum absolute atomic E-state index is 0.0531. The fourth-order valence-electron chi connectivity index (χ4n) is 2.64. The zero-order valence-corrected chi connectivity index (χ0v) is 14.4. The van der Waals surface area contributed by atoms with Gasteiger partial charge in [-0.3, -0.25) is 9.36 Å². The predicted octanol–water partition coefficient (Wildman–Crippen LogP) is 4.31. The van der Waals surface area contributed by atoms with Crippen molar-refractivity contribution in [1.82, 2.24) is 9.72 Å². The highest BCUT2D eigenvalue weighted by Crippen LogP contribution is 2.22. The van der Waals surface area contributed by atoms with E-state index >= 15 is 0 Å². The van der Waals surface area contributed by atoms with Gasteiger partial charge in [-0.25, -0.2) is 0 Å². The molecule has 0 radical (unpaired) electrons. The van der Waals surface area contributed by atoms with Gasteiger partial charge in [0.15, 0.2) is 12.4 Å². The average molecular weight is 345 g/mol. The number of aromatic nitrogens is 2. The highest BCUT2D eigenvalue weighted by atomic mass is 35.5. The predicted molar refractivity (Wildman–Crippen MR) is 91.3 cm³/mol. The molecule has 2 aromatic heterocycles. The molecule has 0 aliphatic carbocycles. The van der Waals surface area contributed by atoms with Gasteiger partial charge < -0.3 is 9.26 Å². The summed E-state index contributed by atoms with van der Waals surface area (Å²) in [6.07, 6.45) is 0. The van der Waals surface area contributed by atoms with Crippen molar-refractivity contribution in [2.45, 2.75) is 20.8 Å². The second kappa shape index (κ2) is 6.53. The van der Waals surface area contributed by atoms with E-state index in [1.54, 1.807) is 24.3 Å². The average Bonchev–Trinajstić information content (AvgIpc) is 3.08. The molecule has 0 amide bonds. The second-order valence-corrected chi connectivity index (χ2v) is 6.02. The number of ketones is 1. The molecule has 24 heavy (non-hydrogen) atoms. The van der Waals surface area contributed by atoms with Crippen molar-refractivity contribution in [3.63, 3.8) is 0 Å².